The molecule has 0 N–H and O–H groups in total. The van der Waals surface area contributed by atoms with Gasteiger partial charge in [0, 0.05) is 44.0 Å². The molecule has 1 spiro atoms. The van der Waals surface area contributed by atoms with Crippen LogP contribution in [0.5, 0.6) is 17.2 Å². The maximum atomic E-state index is 13.0. The second kappa shape index (κ2) is 8.66. The van der Waals surface area contributed by atoms with Gasteiger partial charge in [0.2, 0.25) is 5.91 Å². The molecule has 0 radical (unpaired) electrons. The topological polar surface area (TPSA) is 57.2 Å². The van der Waals surface area contributed by atoms with Gasteiger partial charge in [-0.05, 0) is 36.6 Å². The minimum absolute atomic E-state index is 0.0293. The van der Waals surface area contributed by atoms with Gasteiger partial charge in [-0.1, -0.05) is 24.3 Å². The fourth-order valence-corrected chi connectivity index (χ4v) is 5.61. The van der Waals surface area contributed by atoms with Crippen LogP contribution >= 0.6 is 0 Å². The Hall–Kier alpha value is -2.73. The number of benzene rings is 2. The highest BCUT2D eigenvalue weighted by Gasteiger charge is 2.53. The molecule has 0 aliphatic carbocycles. The Bertz CT molecular complexity index is 982. The second-order valence-electron chi connectivity index (χ2n) is 8.99. The standard InChI is InChI=1S/C26H31NO5/c1-29-19-7-3-6-18(16-19)17-23(28)27-13-11-26(12-14-27)21-9-5-15-31-24(21)20-8-4-10-22(30-2)25(20)32-26/h3-4,6-8,10,16,21,24H,5,9,11-15,17H2,1-2H3/t21-,24+/m0/s1. The van der Waals surface area contributed by atoms with Crippen molar-refractivity contribution in [2.24, 2.45) is 5.92 Å². The zero-order valence-electron chi connectivity index (χ0n) is 18.8. The summed E-state index contributed by atoms with van der Waals surface area (Å²) in [5.74, 6) is 2.80. The maximum absolute atomic E-state index is 13.0. The molecule has 6 heteroatoms. The quantitative estimate of drug-likeness (QED) is 0.719. The van der Waals surface area contributed by atoms with E-state index in [1.165, 1.54) is 0 Å². The fourth-order valence-electron chi connectivity index (χ4n) is 5.61. The molecule has 2 saturated heterocycles. The third-order valence-corrected chi connectivity index (χ3v) is 7.29. The number of carbonyl (C=O) groups excluding carboxylic acids is 1. The van der Waals surface area contributed by atoms with Crippen molar-refractivity contribution in [2.75, 3.05) is 33.9 Å². The van der Waals surface area contributed by atoms with Gasteiger partial charge in [-0.15, -0.1) is 0 Å². The highest BCUT2D eigenvalue weighted by Crippen LogP contribution is 2.55. The van der Waals surface area contributed by atoms with E-state index in [4.69, 9.17) is 18.9 Å². The molecular weight excluding hydrogens is 406 g/mol. The Kier molecular flexibility index (Phi) is 5.72. The van der Waals surface area contributed by atoms with E-state index in [1.54, 1.807) is 14.2 Å². The molecule has 5 rings (SSSR count). The molecule has 3 aliphatic rings. The molecule has 32 heavy (non-hydrogen) atoms. The highest BCUT2D eigenvalue weighted by atomic mass is 16.5. The van der Waals surface area contributed by atoms with Crippen LogP contribution in [0.15, 0.2) is 42.5 Å². The number of hydrogen-bond acceptors (Lipinski definition) is 5. The van der Waals surface area contributed by atoms with Gasteiger partial charge in [0.25, 0.3) is 0 Å². The van der Waals surface area contributed by atoms with E-state index in [0.29, 0.717) is 25.4 Å². The van der Waals surface area contributed by atoms with Crippen molar-refractivity contribution in [1.29, 1.82) is 0 Å². The number of ether oxygens (including phenoxy) is 4. The molecule has 0 unspecified atom stereocenters. The van der Waals surface area contributed by atoms with Crippen molar-refractivity contribution in [3.63, 3.8) is 0 Å². The van der Waals surface area contributed by atoms with Crippen LogP contribution < -0.4 is 14.2 Å². The molecule has 2 atom stereocenters. The van der Waals surface area contributed by atoms with Crippen molar-refractivity contribution < 1.29 is 23.7 Å². The first-order valence-electron chi connectivity index (χ1n) is 11.5. The van der Waals surface area contributed by atoms with Crippen LogP contribution in [-0.2, 0) is 16.0 Å². The van der Waals surface area contributed by atoms with Crippen LogP contribution in [0.1, 0.15) is 42.9 Å². The third-order valence-electron chi connectivity index (χ3n) is 7.29. The fraction of sp³-hybridized carbons (Fsp3) is 0.500. The zero-order valence-corrected chi connectivity index (χ0v) is 18.8. The summed E-state index contributed by atoms with van der Waals surface area (Å²) in [6, 6.07) is 13.8. The summed E-state index contributed by atoms with van der Waals surface area (Å²) in [6.07, 6.45) is 4.15. The number of hydrogen-bond donors (Lipinski definition) is 0. The van der Waals surface area contributed by atoms with E-state index in [-0.39, 0.29) is 17.6 Å². The van der Waals surface area contributed by atoms with Crippen LogP contribution in [0, 0.1) is 5.92 Å². The average Bonchev–Trinajstić information content (AvgIpc) is 2.84. The summed E-state index contributed by atoms with van der Waals surface area (Å²) < 4.78 is 24.0. The summed E-state index contributed by atoms with van der Waals surface area (Å²) in [4.78, 5) is 15.0. The summed E-state index contributed by atoms with van der Waals surface area (Å²) in [5.41, 5.74) is 1.75. The first kappa shape index (κ1) is 21.1. The Morgan fingerprint density at radius 1 is 1.12 bits per heavy atom. The smallest absolute Gasteiger partial charge is 0.226 e. The van der Waals surface area contributed by atoms with Crippen molar-refractivity contribution in [1.82, 2.24) is 4.90 Å². The Morgan fingerprint density at radius 2 is 1.94 bits per heavy atom. The lowest BCUT2D eigenvalue weighted by Gasteiger charge is -2.53. The van der Waals surface area contributed by atoms with Gasteiger partial charge in [0.1, 0.15) is 11.4 Å². The van der Waals surface area contributed by atoms with Crippen molar-refractivity contribution in [3.8, 4) is 17.2 Å². The lowest BCUT2D eigenvalue weighted by Crippen LogP contribution is -2.58. The number of carbonyl (C=O) groups is 1. The average molecular weight is 438 g/mol. The van der Waals surface area contributed by atoms with E-state index in [2.05, 4.69) is 6.07 Å². The maximum Gasteiger partial charge on any atom is 0.226 e. The van der Waals surface area contributed by atoms with Gasteiger partial charge in [-0.3, -0.25) is 4.79 Å². The Labute approximate surface area is 189 Å². The molecule has 3 heterocycles. The summed E-state index contributed by atoms with van der Waals surface area (Å²) >= 11 is 0. The molecule has 1 amide bonds. The molecule has 0 aromatic heterocycles. The minimum atomic E-state index is -0.320. The van der Waals surface area contributed by atoms with Gasteiger partial charge >= 0.3 is 0 Å². The molecule has 2 aromatic rings. The van der Waals surface area contributed by atoms with Gasteiger partial charge in [0.05, 0.1) is 26.7 Å². The van der Waals surface area contributed by atoms with Gasteiger partial charge in [0.15, 0.2) is 11.5 Å². The number of para-hydroxylation sites is 1. The number of nitrogens with zero attached hydrogens (tertiary/aromatic N) is 1. The molecule has 3 aliphatic heterocycles. The van der Waals surface area contributed by atoms with Crippen LogP contribution in [0.25, 0.3) is 0 Å². The first-order chi connectivity index (χ1) is 15.6. The molecule has 6 nitrogen and oxygen atoms in total. The normalized spacial score (nSPS) is 23.6. The van der Waals surface area contributed by atoms with Crippen molar-refractivity contribution in [2.45, 2.75) is 43.8 Å². The Morgan fingerprint density at radius 3 is 2.72 bits per heavy atom. The van der Waals surface area contributed by atoms with Gasteiger partial charge in [-0.2, -0.15) is 0 Å². The van der Waals surface area contributed by atoms with E-state index in [9.17, 15) is 4.79 Å². The van der Waals surface area contributed by atoms with Gasteiger partial charge in [-0.25, -0.2) is 0 Å². The monoisotopic (exact) mass is 437 g/mol. The summed E-state index contributed by atoms with van der Waals surface area (Å²) in [6.45, 7) is 2.16. The van der Waals surface area contributed by atoms with E-state index < -0.39 is 0 Å². The highest BCUT2D eigenvalue weighted by molar-refractivity contribution is 5.79. The van der Waals surface area contributed by atoms with E-state index in [0.717, 1.165) is 60.7 Å². The minimum Gasteiger partial charge on any atom is -0.497 e. The number of methoxy groups -OCH3 is 2. The molecule has 2 fully saturated rings. The first-order valence-corrected chi connectivity index (χ1v) is 11.5. The van der Waals surface area contributed by atoms with Crippen LogP contribution in [0.3, 0.4) is 0 Å². The second-order valence-corrected chi connectivity index (χ2v) is 8.99. The van der Waals surface area contributed by atoms with E-state index in [1.807, 2.05) is 41.3 Å². The summed E-state index contributed by atoms with van der Waals surface area (Å²) in [7, 11) is 3.32. The molecule has 2 aromatic carbocycles. The predicted molar refractivity (Wildman–Crippen MR) is 120 cm³/mol. The molecular formula is C26H31NO5. The molecule has 0 bridgehead atoms. The predicted octanol–water partition coefficient (Wildman–Crippen LogP) is 4.17. The zero-order chi connectivity index (χ0) is 22.1. The van der Waals surface area contributed by atoms with E-state index >= 15 is 0 Å². The Balaban J connectivity index is 1.34. The third kappa shape index (κ3) is 3.71. The number of rotatable bonds is 4. The molecule has 170 valence electrons. The SMILES string of the molecule is COc1cccc(CC(=O)N2CCC3(CC2)Oc2c(OC)cccc2[C@H]2OCCC[C@@H]23)c1. The van der Waals surface area contributed by atoms with Crippen molar-refractivity contribution in [3.05, 3.63) is 53.6 Å². The number of amides is 1. The lowest BCUT2D eigenvalue weighted by atomic mass is 9.70. The van der Waals surface area contributed by atoms with Crippen LogP contribution in [-0.4, -0.2) is 50.3 Å². The summed E-state index contributed by atoms with van der Waals surface area (Å²) in [5, 5.41) is 0. The lowest BCUT2D eigenvalue weighted by molar-refractivity contribution is -0.157. The number of fused-ring (bicyclic) bond motifs is 4. The number of likely N-dealkylation sites (tertiary alicyclic amines) is 1. The van der Waals surface area contributed by atoms with Crippen LogP contribution in [0.4, 0.5) is 0 Å². The number of piperidine rings is 1. The largest absolute Gasteiger partial charge is 0.497 e. The molecule has 0 saturated carbocycles. The van der Waals surface area contributed by atoms with Crippen LogP contribution in [0.2, 0.25) is 0 Å². The van der Waals surface area contributed by atoms with Gasteiger partial charge < -0.3 is 23.8 Å². The van der Waals surface area contributed by atoms with Crippen molar-refractivity contribution >= 4 is 5.91 Å².